The van der Waals surface area contributed by atoms with Crippen molar-refractivity contribution in [1.29, 1.82) is 0 Å². The Morgan fingerprint density at radius 3 is 2.44 bits per heavy atom. The number of hydrogen-bond donors (Lipinski definition) is 2. The van der Waals surface area contributed by atoms with Crippen molar-refractivity contribution in [3.63, 3.8) is 0 Å². The first kappa shape index (κ1) is 24.0. The molecule has 2 aromatic rings. The summed E-state index contributed by atoms with van der Waals surface area (Å²) in [6.45, 7) is 5.02. The SMILES string of the molecule is CCC(=O)N1CCC(c2ccc(Nc3cc(N(C)C4CCOCC4)c(C(N)=O)cn3)cc2)CC1. The molecule has 8 nitrogen and oxygen atoms in total. The number of aromatic nitrogens is 1. The highest BCUT2D eigenvalue weighted by atomic mass is 16.5. The highest BCUT2D eigenvalue weighted by Crippen LogP contribution is 2.31. The lowest BCUT2D eigenvalue weighted by molar-refractivity contribution is -0.131. The van der Waals surface area contributed by atoms with E-state index in [9.17, 15) is 9.59 Å². The normalized spacial score (nSPS) is 17.4. The van der Waals surface area contributed by atoms with Crippen molar-refractivity contribution >= 4 is 29.0 Å². The van der Waals surface area contributed by atoms with Gasteiger partial charge in [0.2, 0.25) is 5.91 Å². The molecule has 2 amide bonds. The van der Waals surface area contributed by atoms with Crippen LogP contribution in [0.1, 0.15) is 60.9 Å². The van der Waals surface area contributed by atoms with E-state index in [4.69, 9.17) is 10.5 Å². The maximum absolute atomic E-state index is 12.0. The summed E-state index contributed by atoms with van der Waals surface area (Å²) < 4.78 is 5.48. The van der Waals surface area contributed by atoms with Crippen LogP contribution in [0.3, 0.4) is 0 Å². The number of rotatable bonds is 7. The number of nitrogens with two attached hydrogens (primary N) is 1. The summed E-state index contributed by atoms with van der Waals surface area (Å²) in [7, 11) is 2.00. The van der Waals surface area contributed by atoms with Gasteiger partial charge in [0.25, 0.3) is 5.91 Å². The first-order valence-corrected chi connectivity index (χ1v) is 12.2. The molecular formula is C26H35N5O3. The number of carbonyl (C=O) groups excluding carboxylic acids is 2. The van der Waals surface area contributed by atoms with E-state index in [2.05, 4.69) is 39.5 Å². The Morgan fingerprint density at radius 1 is 1.15 bits per heavy atom. The van der Waals surface area contributed by atoms with Crippen molar-refractivity contribution in [2.24, 2.45) is 5.73 Å². The third-order valence-corrected chi connectivity index (χ3v) is 7.07. The van der Waals surface area contributed by atoms with Crippen molar-refractivity contribution in [1.82, 2.24) is 9.88 Å². The molecule has 0 radical (unpaired) electrons. The molecule has 2 aliphatic rings. The molecule has 1 aromatic carbocycles. The van der Waals surface area contributed by atoms with E-state index < -0.39 is 5.91 Å². The van der Waals surface area contributed by atoms with E-state index in [0.29, 0.717) is 29.8 Å². The van der Waals surface area contributed by atoms with Gasteiger partial charge in [-0.3, -0.25) is 9.59 Å². The fraction of sp³-hybridized carbons (Fsp3) is 0.500. The zero-order valence-corrected chi connectivity index (χ0v) is 20.1. The average molecular weight is 466 g/mol. The Hall–Kier alpha value is -3.13. The second kappa shape index (κ2) is 10.9. The van der Waals surface area contributed by atoms with Crippen LogP contribution in [-0.2, 0) is 9.53 Å². The number of anilines is 3. The Balaban J connectivity index is 1.44. The molecule has 0 spiro atoms. The minimum absolute atomic E-state index is 0.245. The summed E-state index contributed by atoms with van der Waals surface area (Å²) >= 11 is 0. The summed E-state index contributed by atoms with van der Waals surface area (Å²) in [6, 6.07) is 10.6. The van der Waals surface area contributed by atoms with Crippen LogP contribution in [0.25, 0.3) is 0 Å². The van der Waals surface area contributed by atoms with Crippen LogP contribution in [0.2, 0.25) is 0 Å². The Morgan fingerprint density at radius 2 is 1.82 bits per heavy atom. The molecule has 0 unspecified atom stereocenters. The number of carbonyl (C=O) groups is 2. The predicted molar refractivity (Wildman–Crippen MR) is 134 cm³/mol. The summed E-state index contributed by atoms with van der Waals surface area (Å²) in [5.41, 5.74) is 9.06. The molecule has 0 saturated carbocycles. The smallest absolute Gasteiger partial charge is 0.252 e. The van der Waals surface area contributed by atoms with E-state index in [1.807, 2.05) is 24.9 Å². The molecule has 2 saturated heterocycles. The molecular weight excluding hydrogens is 430 g/mol. The van der Waals surface area contributed by atoms with E-state index in [0.717, 1.165) is 63.4 Å². The van der Waals surface area contributed by atoms with Gasteiger partial charge in [-0.15, -0.1) is 0 Å². The fourth-order valence-corrected chi connectivity index (χ4v) is 4.94. The fourth-order valence-electron chi connectivity index (χ4n) is 4.94. The number of primary amides is 1. The Labute approximate surface area is 201 Å². The summed E-state index contributed by atoms with van der Waals surface area (Å²) in [5.74, 6) is 0.902. The molecule has 8 heteroatoms. The number of benzene rings is 1. The van der Waals surface area contributed by atoms with Crippen LogP contribution in [-0.4, -0.2) is 61.1 Å². The van der Waals surface area contributed by atoms with Crippen molar-refractivity contribution in [3.05, 3.63) is 47.7 Å². The zero-order valence-electron chi connectivity index (χ0n) is 20.1. The van der Waals surface area contributed by atoms with Crippen molar-refractivity contribution in [2.45, 2.75) is 51.0 Å². The van der Waals surface area contributed by atoms with Crippen molar-refractivity contribution < 1.29 is 14.3 Å². The van der Waals surface area contributed by atoms with E-state index in [1.54, 1.807) is 6.20 Å². The van der Waals surface area contributed by atoms with Gasteiger partial charge in [-0.25, -0.2) is 4.98 Å². The molecule has 0 atom stereocenters. The van der Waals surface area contributed by atoms with E-state index in [-0.39, 0.29) is 5.91 Å². The summed E-state index contributed by atoms with van der Waals surface area (Å²) in [4.78, 5) is 32.5. The lowest BCUT2D eigenvalue weighted by Gasteiger charge is -2.33. The molecule has 0 bridgehead atoms. The number of ether oxygens (including phenoxy) is 1. The first-order valence-electron chi connectivity index (χ1n) is 12.2. The van der Waals surface area contributed by atoms with E-state index >= 15 is 0 Å². The van der Waals surface area contributed by atoms with Gasteiger partial charge in [0, 0.05) is 63.8 Å². The van der Waals surface area contributed by atoms with E-state index in [1.165, 1.54) is 5.56 Å². The van der Waals surface area contributed by atoms with Crippen LogP contribution in [0, 0.1) is 0 Å². The summed E-state index contributed by atoms with van der Waals surface area (Å²) in [6.07, 6.45) is 5.94. The van der Waals surface area contributed by atoms with Crippen LogP contribution >= 0.6 is 0 Å². The van der Waals surface area contributed by atoms with Gasteiger partial charge >= 0.3 is 0 Å². The average Bonchev–Trinajstić information content (AvgIpc) is 2.88. The van der Waals surface area contributed by atoms with Crippen LogP contribution in [0.15, 0.2) is 36.5 Å². The number of hydrogen-bond acceptors (Lipinski definition) is 6. The third-order valence-electron chi connectivity index (χ3n) is 7.07. The minimum atomic E-state index is -0.482. The topological polar surface area (TPSA) is 101 Å². The minimum Gasteiger partial charge on any atom is -0.381 e. The second-order valence-electron chi connectivity index (χ2n) is 9.16. The van der Waals surface area contributed by atoms with Crippen molar-refractivity contribution in [2.75, 3.05) is 43.6 Å². The highest BCUT2D eigenvalue weighted by molar-refractivity contribution is 5.99. The maximum Gasteiger partial charge on any atom is 0.252 e. The van der Waals surface area contributed by atoms with Crippen LogP contribution < -0.4 is 16.0 Å². The van der Waals surface area contributed by atoms with Crippen LogP contribution in [0.5, 0.6) is 0 Å². The number of likely N-dealkylation sites (tertiary alicyclic amines) is 1. The molecule has 4 rings (SSSR count). The quantitative estimate of drug-likeness (QED) is 0.647. The van der Waals surface area contributed by atoms with Gasteiger partial charge < -0.3 is 25.6 Å². The molecule has 3 N–H and O–H groups in total. The van der Waals surface area contributed by atoms with Gasteiger partial charge in [0.1, 0.15) is 5.82 Å². The number of piperidine rings is 1. The lowest BCUT2D eigenvalue weighted by atomic mass is 9.89. The Kier molecular flexibility index (Phi) is 7.67. The van der Waals surface area contributed by atoms with Gasteiger partial charge in [-0.2, -0.15) is 0 Å². The predicted octanol–water partition coefficient (Wildman–Crippen LogP) is 3.66. The second-order valence-corrected chi connectivity index (χ2v) is 9.16. The summed E-state index contributed by atoms with van der Waals surface area (Å²) in [5, 5.41) is 3.36. The van der Waals surface area contributed by atoms with Gasteiger partial charge in [0.15, 0.2) is 0 Å². The number of pyridine rings is 1. The Bertz CT molecular complexity index is 996. The highest BCUT2D eigenvalue weighted by Gasteiger charge is 2.24. The number of nitrogens with one attached hydrogen (secondary N) is 1. The number of nitrogens with zero attached hydrogens (tertiary/aromatic N) is 3. The first-order chi connectivity index (χ1) is 16.5. The lowest BCUT2D eigenvalue weighted by Crippen LogP contribution is -2.37. The maximum atomic E-state index is 12.0. The van der Waals surface area contributed by atoms with Crippen LogP contribution in [0.4, 0.5) is 17.2 Å². The molecule has 182 valence electrons. The van der Waals surface area contributed by atoms with Gasteiger partial charge in [-0.1, -0.05) is 19.1 Å². The van der Waals surface area contributed by atoms with Crippen molar-refractivity contribution in [3.8, 4) is 0 Å². The molecule has 1 aromatic heterocycles. The molecule has 34 heavy (non-hydrogen) atoms. The van der Waals surface area contributed by atoms with Gasteiger partial charge in [-0.05, 0) is 49.3 Å². The molecule has 3 heterocycles. The zero-order chi connectivity index (χ0) is 24.1. The van der Waals surface area contributed by atoms with Gasteiger partial charge in [0.05, 0.1) is 11.3 Å². The largest absolute Gasteiger partial charge is 0.381 e. The molecule has 0 aliphatic carbocycles. The molecule has 2 aliphatic heterocycles. The monoisotopic (exact) mass is 465 g/mol. The molecule has 2 fully saturated rings. The standard InChI is InChI=1S/C26H35N5O3/c1-3-25(32)31-12-8-19(9-13-31)18-4-6-20(7-5-18)29-24-16-23(22(17-28-24)26(27)33)30(2)21-10-14-34-15-11-21/h4-7,16-17,19,21H,3,8-15H2,1-2H3,(H2,27,33)(H,28,29). The third kappa shape index (κ3) is 5.50. The number of amides is 2.